The van der Waals surface area contributed by atoms with E-state index in [0.717, 1.165) is 50.4 Å². The van der Waals surface area contributed by atoms with E-state index in [1.165, 1.54) is 12.0 Å². The van der Waals surface area contributed by atoms with Crippen LogP contribution in [0.15, 0.2) is 24.5 Å². The van der Waals surface area contributed by atoms with E-state index in [0.29, 0.717) is 6.04 Å². The van der Waals surface area contributed by atoms with Crippen LogP contribution in [0.4, 0.5) is 0 Å². The number of nitrogens with zero attached hydrogens (tertiary/aromatic N) is 3. The summed E-state index contributed by atoms with van der Waals surface area (Å²) < 4.78 is 2.11. The number of aryl methyl sites for hydroxylation is 1. The Morgan fingerprint density at radius 1 is 1.39 bits per heavy atom. The number of pyridine rings is 1. The normalized spacial score (nSPS) is 28.9. The SMILES string of the molecule is Cc1ccc2nc(CN3CC[C@H]4NCCC[C@]4(CO)C3)cn2c1. The van der Waals surface area contributed by atoms with Gasteiger partial charge >= 0.3 is 0 Å². The quantitative estimate of drug-likeness (QED) is 0.903. The molecule has 2 atom stereocenters. The number of imidazole rings is 1. The molecule has 0 bridgehead atoms. The Bertz CT molecular complexity index is 697. The van der Waals surface area contributed by atoms with E-state index in [4.69, 9.17) is 4.98 Å². The van der Waals surface area contributed by atoms with Gasteiger partial charge in [-0.25, -0.2) is 4.98 Å². The van der Waals surface area contributed by atoms with Crippen LogP contribution in [0, 0.1) is 12.3 Å². The topological polar surface area (TPSA) is 52.8 Å². The zero-order valence-corrected chi connectivity index (χ0v) is 13.8. The molecule has 124 valence electrons. The van der Waals surface area contributed by atoms with E-state index in [1.807, 2.05) is 0 Å². The fourth-order valence-electron chi connectivity index (χ4n) is 4.38. The van der Waals surface area contributed by atoms with E-state index in [1.54, 1.807) is 0 Å². The predicted molar refractivity (Wildman–Crippen MR) is 90.4 cm³/mol. The molecule has 2 fully saturated rings. The first-order chi connectivity index (χ1) is 11.2. The van der Waals surface area contributed by atoms with Crippen molar-refractivity contribution in [1.29, 1.82) is 0 Å². The summed E-state index contributed by atoms with van der Waals surface area (Å²) in [5.41, 5.74) is 3.41. The van der Waals surface area contributed by atoms with Gasteiger partial charge in [-0.15, -0.1) is 0 Å². The van der Waals surface area contributed by atoms with Crippen LogP contribution in [0.1, 0.15) is 30.5 Å². The minimum atomic E-state index is 0.0340. The van der Waals surface area contributed by atoms with Crippen LogP contribution in [0.2, 0.25) is 0 Å². The Morgan fingerprint density at radius 3 is 3.17 bits per heavy atom. The van der Waals surface area contributed by atoms with Crippen molar-refractivity contribution in [3.8, 4) is 0 Å². The van der Waals surface area contributed by atoms with Crippen molar-refractivity contribution >= 4 is 5.65 Å². The molecule has 4 heterocycles. The summed E-state index contributed by atoms with van der Waals surface area (Å²) in [6.45, 7) is 6.39. The van der Waals surface area contributed by atoms with Crippen molar-refractivity contribution in [1.82, 2.24) is 19.6 Å². The molecule has 2 aliphatic rings. The number of aliphatic hydroxyl groups is 1. The summed E-state index contributed by atoms with van der Waals surface area (Å²) in [5, 5.41) is 13.6. The molecule has 2 aromatic rings. The second-order valence-electron chi connectivity index (χ2n) is 7.33. The van der Waals surface area contributed by atoms with Gasteiger partial charge in [-0.3, -0.25) is 4.90 Å². The molecule has 0 saturated carbocycles. The zero-order valence-electron chi connectivity index (χ0n) is 13.8. The standard InChI is InChI=1S/C18H26N4O/c1-14-3-4-17-20-15(11-22(17)9-14)10-21-8-5-16-18(12-21,13-23)6-2-7-19-16/h3-4,9,11,16,19,23H,2,5-8,10,12-13H2,1H3/t16-,18-/m1/s1. The van der Waals surface area contributed by atoms with Gasteiger partial charge in [0, 0.05) is 43.5 Å². The maximum Gasteiger partial charge on any atom is 0.137 e. The summed E-state index contributed by atoms with van der Waals surface area (Å²) in [6, 6.07) is 4.65. The molecule has 23 heavy (non-hydrogen) atoms. The first kappa shape index (κ1) is 15.1. The van der Waals surface area contributed by atoms with Gasteiger partial charge in [-0.2, -0.15) is 0 Å². The molecule has 5 nitrogen and oxygen atoms in total. The van der Waals surface area contributed by atoms with Crippen LogP contribution in [-0.2, 0) is 6.54 Å². The number of nitrogens with one attached hydrogen (secondary N) is 1. The maximum absolute atomic E-state index is 10.0. The van der Waals surface area contributed by atoms with E-state index in [2.05, 4.69) is 46.1 Å². The lowest BCUT2D eigenvalue weighted by Crippen LogP contribution is -2.61. The summed E-state index contributed by atoms with van der Waals surface area (Å²) >= 11 is 0. The molecule has 0 aromatic carbocycles. The number of aliphatic hydroxyl groups excluding tert-OH is 1. The van der Waals surface area contributed by atoms with Crippen molar-refractivity contribution in [2.75, 3.05) is 26.2 Å². The Kier molecular flexibility index (Phi) is 3.87. The molecule has 2 N–H and O–H groups in total. The lowest BCUT2D eigenvalue weighted by molar-refractivity contribution is -0.0225. The lowest BCUT2D eigenvalue weighted by Gasteiger charge is -2.50. The van der Waals surface area contributed by atoms with Crippen molar-refractivity contribution in [3.05, 3.63) is 35.8 Å². The number of hydrogen-bond acceptors (Lipinski definition) is 4. The average Bonchev–Trinajstić information content (AvgIpc) is 2.95. The van der Waals surface area contributed by atoms with Crippen molar-refractivity contribution in [2.45, 2.75) is 38.8 Å². The molecular formula is C18H26N4O. The Balaban J connectivity index is 1.51. The maximum atomic E-state index is 10.0. The van der Waals surface area contributed by atoms with Gasteiger partial charge in [0.2, 0.25) is 0 Å². The van der Waals surface area contributed by atoms with E-state index >= 15 is 0 Å². The smallest absolute Gasteiger partial charge is 0.137 e. The predicted octanol–water partition coefficient (Wildman–Crippen LogP) is 1.58. The van der Waals surface area contributed by atoms with Crippen LogP contribution in [0.5, 0.6) is 0 Å². The first-order valence-electron chi connectivity index (χ1n) is 8.69. The Hall–Kier alpha value is -1.43. The van der Waals surface area contributed by atoms with Crippen LogP contribution in [-0.4, -0.2) is 51.7 Å². The molecule has 0 radical (unpaired) electrons. The second-order valence-corrected chi connectivity index (χ2v) is 7.33. The Morgan fingerprint density at radius 2 is 2.30 bits per heavy atom. The fraction of sp³-hybridized carbons (Fsp3) is 0.611. The molecular weight excluding hydrogens is 288 g/mol. The molecule has 2 saturated heterocycles. The van der Waals surface area contributed by atoms with Crippen LogP contribution < -0.4 is 5.32 Å². The largest absolute Gasteiger partial charge is 0.396 e. The van der Waals surface area contributed by atoms with Gasteiger partial charge in [-0.1, -0.05) is 6.07 Å². The number of rotatable bonds is 3. The van der Waals surface area contributed by atoms with E-state index < -0.39 is 0 Å². The van der Waals surface area contributed by atoms with E-state index in [9.17, 15) is 5.11 Å². The lowest BCUT2D eigenvalue weighted by atomic mass is 9.71. The second kappa shape index (κ2) is 5.89. The molecule has 0 aliphatic carbocycles. The van der Waals surface area contributed by atoms with Gasteiger partial charge in [-0.05, 0) is 44.4 Å². The van der Waals surface area contributed by atoms with Crippen LogP contribution in [0.3, 0.4) is 0 Å². The summed E-state index contributed by atoms with van der Waals surface area (Å²) in [7, 11) is 0. The molecule has 2 aromatic heterocycles. The van der Waals surface area contributed by atoms with Crippen molar-refractivity contribution < 1.29 is 5.11 Å². The third-order valence-corrected chi connectivity index (χ3v) is 5.60. The van der Waals surface area contributed by atoms with Gasteiger partial charge in [0.25, 0.3) is 0 Å². The third-order valence-electron chi connectivity index (χ3n) is 5.60. The highest BCUT2D eigenvalue weighted by atomic mass is 16.3. The summed E-state index contributed by atoms with van der Waals surface area (Å²) in [6.07, 6.45) is 7.67. The van der Waals surface area contributed by atoms with Gasteiger partial charge in [0.05, 0.1) is 12.3 Å². The minimum absolute atomic E-state index is 0.0340. The number of aromatic nitrogens is 2. The number of likely N-dealkylation sites (tertiary alicyclic amines) is 1. The summed E-state index contributed by atoms with van der Waals surface area (Å²) in [4.78, 5) is 7.21. The van der Waals surface area contributed by atoms with Crippen molar-refractivity contribution in [2.24, 2.45) is 5.41 Å². The molecule has 4 rings (SSSR count). The molecule has 2 aliphatic heterocycles. The minimum Gasteiger partial charge on any atom is -0.396 e. The van der Waals surface area contributed by atoms with E-state index in [-0.39, 0.29) is 12.0 Å². The first-order valence-corrected chi connectivity index (χ1v) is 8.69. The van der Waals surface area contributed by atoms with Crippen molar-refractivity contribution in [3.63, 3.8) is 0 Å². The van der Waals surface area contributed by atoms with Crippen LogP contribution >= 0.6 is 0 Å². The van der Waals surface area contributed by atoms with Gasteiger partial charge in [0.1, 0.15) is 5.65 Å². The van der Waals surface area contributed by atoms with Gasteiger partial charge in [0.15, 0.2) is 0 Å². The van der Waals surface area contributed by atoms with Crippen LogP contribution in [0.25, 0.3) is 5.65 Å². The van der Waals surface area contributed by atoms with Gasteiger partial charge < -0.3 is 14.8 Å². The highest BCUT2D eigenvalue weighted by Crippen LogP contribution is 2.37. The monoisotopic (exact) mass is 314 g/mol. The summed E-state index contributed by atoms with van der Waals surface area (Å²) in [5.74, 6) is 0. The fourth-order valence-corrected chi connectivity index (χ4v) is 4.38. The highest BCUT2D eigenvalue weighted by molar-refractivity contribution is 5.41. The third kappa shape index (κ3) is 2.77. The number of hydrogen-bond donors (Lipinski definition) is 2. The number of piperidine rings is 2. The molecule has 0 unspecified atom stereocenters. The molecule has 5 heteroatoms. The zero-order chi connectivity index (χ0) is 15.9. The number of fused-ring (bicyclic) bond motifs is 2. The molecule has 0 amide bonds. The molecule has 0 spiro atoms. The average molecular weight is 314 g/mol. The highest BCUT2D eigenvalue weighted by Gasteiger charge is 2.44. The Labute approximate surface area is 137 Å².